The number of nitrogens with zero attached hydrogens (tertiary/aromatic N) is 3. The molecule has 0 radical (unpaired) electrons. The second kappa shape index (κ2) is 8.49. The van der Waals surface area contributed by atoms with Gasteiger partial charge < -0.3 is 10.6 Å². The maximum Gasteiger partial charge on any atom is 0.227 e. The van der Waals surface area contributed by atoms with Gasteiger partial charge in [0.2, 0.25) is 5.91 Å². The molecule has 1 aliphatic heterocycles. The highest BCUT2D eigenvalue weighted by Gasteiger charge is 2.28. The van der Waals surface area contributed by atoms with Crippen LogP contribution in [0.25, 0.3) is 16.9 Å². The average Bonchev–Trinajstić information content (AvgIpc) is 2.98. The zero-order chi connectivity index (χ0) is 16.5. The number of anilines is 1. The lowest BCUT2D eigenvalue weighted by molar-refractivity contribution is -0.121. The first-order valence-electron chi connectivity index (χ1n) is 8.12. The van der Waals surface area contributed by atoms with Crippen LogP contribution in [0.2, 0.25) is 0 Å². The summed E-state index contributed by atoms with van der Waals surface area (Å²) in [5.41, 5.74) is 2.65. The van der Waals surface area contributed by atoms with E-state index in [4.69, 9.17) is 0 Å². The molecule has 1 aromatic carbocycles. The highest BCUT2D eigenvalue weighted by atomic mass is 35.5. The number of hydrogen-bond acceptors (Lipinski definition) is 4. The van der Waals surface area contributed by atoms with Gasteiger partial charge in [-0.3, -0.25) is 9.36 Å². The largest absolute Gasteiger partial charge is 0.324 e. The molecule has 2 aromatic heterocycles. The summed E-state index contributed by atoms with van der Waals surface area (Å²) in [5.74, 6) is 1.25. The van der Waals surface area contributed by atoms with Gasteiger partial charge in [-0.15, -0.1) is 24.8 Å². The van der Waals surface area contributed by atoms with Crippen molar-refractivity contribution in [2.24, 2.45) is 11.8 Å². The number of amides is 1. The molecule has 2 N–H and O–H groups in total. The molecule has 26 heavy (non-hydrogen) atoms. The third kappa shape index (κ3) is 3.82. The van der Waals surface area contributed by atoms with Gasteiger partial charge in [-0.05, 0) is 43.3 Å². The molecule has 1 amide bonds. The number of rotatable bonds is 4. The van der Waals surface area contributed by atoms with Crippen LogP contribution in [-0.2, 0) is 4.79 Å². The number of carbonyl (C=O) groups excluding carboxylic acids is 1. The summed E-state index contributed by atoms with van der Waals surface area (Å²) in [6, 6.07) is 11.7. The summed E-state index contributed by atoms with van der Waals surface area (Å²) in [6.45, 7) is 3.80. The number of carbonyl (C=O) groups is 1. The van der Waals surface area contributed by atoms with E-state index < -0.39 is 0 Å². The number of aromatic nitrogens is 3. The van der Waals surface area contributed by atoms with Crippen LogP contribution in [0.5, 0.6) is 0 Å². The second-order valence-corrected chi connectivity index (χ2v) is 6.20. The molecule has 3 aromatic rings. The smallest absolute Gasteiger partial charge is 0.227 e. The van der Waals surface area contributed by atoms with E-state index in [1.54, 1.807) is 12.5 Å². The van der Waals surface area contributed by atoms with Gasteiger partial charge in [0, 0.05) is 5.92 Å². The molecular weight excluding hydrogens is 373 g/mol. The van der Waals surface area contributed by atoms with E-state index in [0.717, 1.165) is 29.9 Å². The zero-order valence-corrected chi connectivity index (χ0v) is 15.9. The number of nitrogens with one attached hydrogen (secondary N) is 2. The highest BCUT2D eigenvalue weighted by molar-refractivity contribution is 5.92. The quantitative estimate of drug-likeness (QED) is 0.714. The Morgan fingerprint density at radius 1 is 1.19 bits per heavy atom. The van der Waals surface area contributed by atoms with Gasteiger partial charge in [0.15, 0.2) is 0 Å². The number of benzene rings is 1. The van der Waals surface area contributed by atoms with Crippen molar-refractivity contribution in [2.45, 2.75) is 6.92 Å². The molecule has 1 atom stereocenters. The predicted molar refractivity (Wildman–Crippen MR) is 108 cm³/mol. The first-order chi connectivity index (χ1) is 11.7. The third-order valence-corrected chi connectivity index (χ3v) is 4.65. The van der Waals surface area contributed by atoms with Crippen molar-refractivity contribution in [1.82, 2.24) is 19.9 Å². The lowest BCUT2D eigenvalue weighted by atomic mass is 9.88. The van der Waals surface area contributed by atoms with Crippen molar-refractivity contribution >= 4 is 47.4 Å². The van der Waals surface area contributed by atoms with E-state index in [9.17, 15) is 4.79 Å². The summed E-state index contributed by atoms with van der Waals surface area (Å²) in [6.07, 6.45) is 3.45. The summed E-state index contributed by atoms with van der Waals surface area (Å²) < 4.78 is 1.93. The minimum Gasteiger partial charge on any atom is -0.324 e. The van der Waals surface area contributed by atoms with E-state index in [-0.39, 0.29) is 36.6 Å². The summed E-state index contributed by atoms with van der Waals surface area (Å²) in [7, 11) is 0. The molecule has 1 saturated heterocycles. The molecular formula is C18H21Cl2N5O. The second-order valence-electron chi connectivity index (χ2n) is 6.20. The van der Waals surface area contributed by atoms with Crippen molar-refractivity contribution in [3.8, 4) is 5.82 Å². The van der Waals surface area contributed by atoms with Crippen LogP contribution in [0.4, 0.5) is 5.69 Å². The molecule has 138 valence electrons. The lowest BCUT2D eigenvalue weighted by Crippen LogP contribution is -2.48. The first kappa shape index (κ1) is 20.2. The number of fused-ring (bicyclic) bond motifs is 1. The molecule has 3 heterocycles. The van der Waals surface area contributed by atoms with Gasteiger partial charge in [-0.2, -0.15) is 0 Å². The number of para-hydroxylation sites is 2. The fourth-order valence-corrected chi connectivity index (χ4v) is 2.88. The first-order valence-corrected chi connectivity index (χ1v) is 8.12. The Bertz CT molecular complexity index is 877. The molecule has 4 rings (SSSR count). The summed E-state index contributed by atoms with van der Waals surface area (Å²) in [5, 5.41) is 6.14. The Morgan fingerprint density at radius 3 is 2.62 bits per heavy atom. The van der Waals surface area contributed by atoms with Crippen LogP contribution in [0.1, 0.15) is 6.92 Å². The Balaban J connectivity index is 0.00000121. The highest BCUT2D eigenvalue weighted by Crippen LogP contribution is 2.20. The Morgan fingerprint density at radius 2 is 1.96 bits per heavy atom. The fraction of sp³-hybridized carbons (Fsp3) is 0.278. The molecule has 0 saturated carbocycles. The molecule has 0 spiro atoms. The van der Waals surface area contributed by atoms with Gasteiger partial charge in [0.1, 0.15) is 12.1 Å². The number of halogens is 2. The van der Waals surface area contributed by atoms with Gasteiger partial charge in [-0.1, -0.05) is 19.1 Å². The summed E-state index contributed by atoms with van der Waals surface area (Å²) in [4.78, 5) is 21.1. The molecule has 0 bridgehead atoms. The van der Waals surface area contributed by atoms with Gasteiger partial charge >= 0.3 is 0 Å². The minimum atomic E-state index is 0. The van der Waals surface area contributed by atoms with Crippen molar-refractivity contribution in [2.75, 3.05) is 18.4 Å². The minimum absolute atomic E-state index is 0. The van der Waals surface area contributed by atoms with E-state index in [1.807, 2.05) is 47.9 Å². The number of hydrogen-bond donors (Lipinski definition) is 2. The van der Waals surface area contributed by atoms with E-state index in [0.29, 0.717) is 11.6 Å². The van der Waals surface area contributed by atoms with Crippen molar-refractivity contribution < 1.29 is 4.79 Å². The monoisotopic (exact) mass is 393 g/mol. The summed E-state index contributed by atoms with van der Waals surface area (Å²) >= 11 is 0. The SMILES string of the molecule is CC(C(=O)Nc1ccc(-n2cnc3ccccc32)nc1)C1CNC1.Cl.Cl. The standard InChI is InChI=1S/C18H19N5O.2ClH/c1-12(13-8-19-9-13)18(24)22-14-6-7-17(20-10-14)23-11-21-15-4-2-3-5-16(15)23;;/h2-7,10-13,19H,8-9H2,1H3,(H,22,24);2*1H. The normalized spacial score (nSPS) is 14.7. The number of pyridine rings is 1. The Kier molecular flexibility index (Phi) is 6.58. The molecule has 0 aliphatic carbocycles. The van der Waals surface area contributed by atoms with Crippen LogP contribution < -0.4 is 10.6 Å². The predicted octanol–water partition coefficient (Wildman–Crippen LogP) is 3.06. The van der Waals surface area contributed by atoms with Crippen LogP contribution in [0.3, 0.4) is 0 Å². The Labute approximate surface area is 164 Å². The molecule has 8 heteroatoms. The maximum atomic E-state index is 12.3. The van der Waals surface area contributed by atoms with Crippen molar-refractivity contribution in [1.29, 1.82) is 0 Å². The van der Waals surface area contributed by atoms with Gasteiger partial charge in [0.05, 0.1) is 22.9 Å². The third-order valence-electron chi connectivity index (χ3n) is 4.65. The van der Waals surface area contributed by atoms with Crippen LogP contribution in [0, 0.1) is 11.8 Å². The van der Waals surface area contributed by atoms with Crippen molar-refractivity contribution in [3.63, 3.8) is 0 Å². The maximum absolute atomic E-state index is 12.3. The van der Waals surface area contributed by atoms with E-state index >= 15 is 0 Å². The number of imidazole rings is 1. The van der Waals surface area contributed by atoms with E-state index in [2.05, 4.69) is 20.6 Å². The van der Waals surface area contributed by atoms with Crippen LogP contribution in [-0.4, -0.2) is 33.5 Å². The van der Waals surface area contributed by atoms with E-state index in [1.165, 1.54) is 0 Å². The topological polar surface area (TPSA) is 71.8 Å². The molecule has 6 nitrogen and oxygen atoms in total. The zero-order valence-electron chi connectivity index (χ0n) is 14.3. The van der Waals surface area contributed by atoms with Crippen LogP contribution >= 0.6 is 24.8 Å². The Hall–Kier alpha value is -2.15. The van der Waals surface area contributed by atoms with Gasteiger partial charge in [0.25, 0.3) is 0 Å². The van der Waals surface area contributed by atoms with Crippen molar-refractivity contribution in [3.05, 3.63) is 48.9 Å². The van der Waals surface area contributed by atoms with Crippen LogP contribution in [0.15, 0.2) is 48.9 Å². The lowest BCUT2D eigenvalue weighted by Gasteiger charge is -2.31. The molecule has 1 fully saturated rings. The average molecular weight is 394 g/mol. The molecule has 1 aliphatic rings. The fourth-order valence-electron chi connectivity index (χ4n) is 2.88. The van der Waals surface area contributed by atoms with Gasteiger partial charge in [-0.25, -0.2) is 9.97 Å². The molecule has 1 unspecified atom stereocenters.